The van der Waals surface area contributed by atoms with E-state index in [1.165, 1.54) is 17.1 Å². The lowest BCUT2D eigenvalue weighted by atomic mass is 10.4. The monoisotopic (exact) mass is 237 g/mol. The van der Waals surface area contributed by atoms with E-state index in [1.54, 1.807) is 18.5 Å². The maximum Gasteiger partial charge on any atom is 0.246 e. The fourth-order valence-electron chi connectivity index (χ4n) is 1.12. The average Bonchev–Trinajstić information content (AvgIpc) is 2.74. The van der Waals surface area contributed by atoms with Gasteiger partial charge in [0.25, 0.3) is 0 Å². The van der Waals surface area contributed by atoms with Gasteiger partial charge in [-0.05, 0) is 6.07 Å². The predicted octanol–water partition coefficient (Wildman–Crippen LogP) is 0.965. The Bertz CT molecular complexity index is 484. The second kappa shape index (κ2) is 4.71. The highest BCUT2D eigenvalue weighted by atomic mass is 35.5. The Labute approximate surface area is 96.2 Å². The Morgan fingerprint density at radius 3 is 3.06 bits per heavy atom. The lowest BCUT2D eigenvalue weighted by Gasteiger charge is -2.05. The number of aromatic nitrogens is 4. The Kier molecular flexibility index (Phi) is 3.11. The summed E-state index contributed by atoms with van der Waals surface area (Å²) in [6, 6.07) is 1.60. The number of pyridine rings is 1. The molecular weight excluding hydrogens is 230 g/mol. The Morgan fingerprint density at radius 2 is 2.38 bits per heavy atom. The van der Waals surface area contributed by atoms with Gasteiger partial charge in [0.1, 0.15) is 6.54 Å². The molecule has 0 spiro atoms. The molecule has 0 atom stereocenters. The lowest BCUT2D eigenvalue weighted by molar-refractivity contribution is -0.116. The molecule has 2 rings (SSSR count). The minimum atomic E-state index is -0.236. The number of hydrogen-bond donors (Lipinski definition) is 1. The van der Waals surface area contributed by atoms with Crippen LogP contribution in [0, 0.1) is 0 Å². The Hall–Kier alpha value is -1.95. The van der Waals surface area contributed by atoms with E-state index < -0.39 is 0 Å². The fraction of sp³-hybridized carbons (Fsp3) is 0.111. The summed E-state index contributed by atoms with van der Waals surface area (Å²) in [5, 5.41) is 10.3. The van der Waals surface area contributed by atoms with Crippen LogP contribution >= 0.6 is 11.6 Å². The van der Waals surface area contributed by atoms with Crippen molar-refractivity contribution < 1.29 is 4.79 Å². The summed E-state index contributed by atoms with van der Waals surface area (Å²) in [5.74, 6) is -0.236. The molecule has 0 saturated carbocycles. The van der Waals surface area contributed by atoms with Crippen molar-refractivity contribution in [2.24, 2.45) is 0 Å². The van der Waals surface area contributed by atoms with E-state index in [-0.39, 0.29) is 12.5 Å². The summed E-state index contributed by atoms with van der Waals surface area (Å²) in [5.41, 5.74) is 0.481. The molecular formula is C9H8ClN5O. The summed E-state index contributed by atoms with van der Waals surface area (Å²) >= 11 is 5.86. The van der Waals surface area contributed by atoms with Gasteiger partial charge in [0.2, 0.25) is 5.91 Å². The summed E-state index contributed by atoms with van der Waals surface area (Å²) in [6.45, 7) is 0.0885. The van der Waals surface area contributed by atoms with Crippen molar-refractivity contribution >= 4 is 23.2 Å². The summed E-state index contributed by atoms with van der Waals surface area (Å²) < 4.78 is 1.42. The summed E-state index contributed by atoms with van der Waals surface area (Å²) in [6.07, 6.45) is 6.14. The zero-order chi connectivity index (χ0) is 11.4. The van der Waals surface area contributed by atoms with Gasteiger partial charge in [0, 0.05) is 12.4 Å². The molecule has 0 aromatic carbocycles. The topological polar surface area (TPSA) is 72.7 Å². The van der Waals surface area contributed by atoms with E-state index in [4.69, 9.17) is 11.6 Å². The zero-order valence-corrected chi connectivity index (χ0v) is 8.92. The number of amides is 1. The molecule has 1 N–H and O–H groups in total. The van der Waals surface area contributed by atoms with E-state index in [0.29, 0.717) is 10.7 Å². The minimum Gasteiger partial charge on any atom is -0.322 e. The molecule has 2 heterocycles. The molecule has 0 aliphatic heterocycles. The molecule has 6 nitrogen and oxygen atoms in total. The van der Waals surface area contributed by atoms with Crippen LogP contribution in [0.2, 0.25) is 5.02 Å². The predicted molar refractivity (Wildman–Crippen MR) is 57.9 cm³/mol. The maximum atomic E-state index is 11.5. The van der Waals surface area contributed by atoms with Gasteiger partial charge in [0.15, 0.2) is 0 Å². The second-order valence-corrected chi connectivity index (χ2v) is 3.41. The van der Waals surface area contributed by atoms with Gasteiger partial charge in [-0.2, -0.15) is 0 Å². The highest BCUT2D eigenvalue weighted by Crippen LogP contribution is 2.18. The molecule has 0 unspecified atom stereocenters. The average molecular weight is 238 g/mol. The number of nitrogens with one attached hydrogen (secondary N) is 1. The van der Waals surface area contributed by atoms with Crippen LogP contribution in [0.3, 0.4) is 0 Å². The molecule has 1 amide bonds. The molecule has 2 aromatic heterocycles. The third kappa shape index (κ3) is 2.54. The van der Waals surface area contributed by atoms with Gasteiger partial charge >= 0.3 is 0 Å². The van der Waals surface area contributed by atoms with Gasteiger partial charge < -0.3 is 5.32 Å². The SMILES string of the molecule is O=C(Cn1ccnn1)Nc1cnccc1Cl. The fourth-order valence-corrected chi connectivity index (χ4v) is 1.28. The number of carbonyl (C=O) groups excluding carboxylic acids is 1. The number of anilines is 1. The third-order valence-electron chi connectivity index (χ3n) is 1.82. The minimum absolute atomic E-state index is 0.0885. The van der Waals surface area contributed by atoms with Gasteiger partial charge in [0.05, 0.1) is 23.1 Å². The number of halogens is 1. The first-order valence-corrected chi connectivity index (χ1v) is 4.87. The van der Waals surface area contributed by atoms with E-state index in [1.807, 2.05) is 0 Å². The van der Waals surface area contributed by atoms with Crippen LogP contribution in [0.25, 0.3) is 0 Å². The quantitative estimate of drug-likeness (QED) is 0.863. The highest BCUT2D eigenvalue weighted by molar-refractivity contribution is 6.33. The number of hydrogen-bond acceptors (Lipinski definition) is 4. The van der Waals surface area contributed by atoms with Gasteiger partial charge in [-0.3, -0.25) is 9.78 Å². The number of carbonyl (C=O) groups is 1. The van der Waals surface area contributed by atoms with Crippen molar-refractivity contribution in [2.75, 3.05) is 5.32 Å². The van der Waals surface area contributed by atoms with Crippen molar-refractivity contribution in [1.29, 1.82) is 0 Å². The van der Waals surface area contributed by atoms with Crippen LogP contribution in [-0.4, -0.2) is 25.9 Å². The zero-order valence-electron chi connectivity index (χ0n) is 8.17. The molecule has 2 aromatic rings. The Morgan fingerprint density at radius 1 is 1.50 bits per heavy atom. The standard InChI is InChI=1S/C9H8ClN5O/c10-7-1-2-11-5-8(7)13-9(16)6-15-4-3-12-14-15/h1-5H,6H2,(H,13,16). The van der Waals surface area contributed by atoms with Crippen molar-refractivity contribution in [3.63, 3.8) is 0 Å². The van der Waals surface area contributed by atoms with Crippen molar-refractivity contribution in [3.8, 4) is 0 Å². The molecule has 0 bridgehead atoms. The molecule has 0 aliphatic carbocycles. The van der Waals surface area contributed by atoms with Gasteiger partial charge in [-0.1, -0.05) is 16.8 Å². The second-order valence-electron chi connectivity index (χ2n) is 3.00. The molecule has 7 heteroatoms. The van der Waals surface area contributed by atoms with E-state index in [0.717, 1.165) is 0 Å². The Balaban J connectivity index is 2.00. The molecule has 82 valence electrons. The maximum absolute atomic E-state index is 11.5. The number of nitrogens with zero attached hydrogens (tertiary/aromatic N) is 4. The van der Waals surface area contributed by atoms with Crippen LogP contribution in [0.4, 0.5) is 5.69 Å². The van der Waals surface area contributed by atoms with Gasteiger partial charge in [-0.15, -0.1) is 5.10 Å². The molecule has 16 heavy (non-hydrogen) atoms. The largest absolute Gasteiger partial charge is 0.322 e. The van der Waals surface area contributed by atoms with Gasteiger partial charge in [-0.25, -0.2) is 4.68 Å². The molecule has 0 saturated heterocycles. The van der Waals surface area contributed by atoms with Crippen LogP contribution in [-0.2, 0) is 11.3 Å². The molecule has 0 fully saturated rings. The van der Waals surface area contributed by atoms with Crippen LogP contribution in [0.15, 0.2) is 30.9 Å². The number of rotatable bonds is 3. The normalized spacial score (nSPS) is 10.1. The first-order chi connectivity index (χ1) is 7.75. The van der Waals surface area contributed by atoms with Crippen LogP contribution in [0.5, 0.6) is 0 Å². The van der Waals surface area contributed by atoms with Crippen molar-refractivity contribution in [3.05, 3.63) is 35.9 Å². The molecule has 0 aliphatic rings. The van der Waals surface area contributed by atoms with E-state index in [9.17, 15) is 4.79 Å². The summed E-state index contributed by atoms with van der Waals surface area (Å²) in [4.78, 5) is 15.4. The van der Waals surface area contributed by atoms with Crippen molar-refractivity contribution in [1.82, 2.24) is 20.0 Å². The smallest absolute Gasteiger partial charge is 0.246 e. The summed E-state index contributed by atoms with van der Waals surface area (Å²) in [7, 11) is 0. The lowest BCUT2D eigenvalue weighted by Crippen LogP contribution is -2.19. The van der Waals surface area contributed by atoms with Crippen LogP contribution in [0.1, 0.15) is 0 Å². The van der Waals surface area contributed by atoms with E-state index in [2.05, 4.69) is 20.6 Å². The first kappa shape index (κ1) is 10.6. The first-order valence-electron chi connectivity index (χ1n) is 4.49. The van der Waals surface area contributed by atoms with Crippen molar-refractivity contribution in [2.45, 2.75) is 6.54 Å². The molecule has 0 radical (unpaired) electrons. The van der Waals surface area contributed by atoms with E-state index >= 15 is 0 Å². The highest BCUT2D eigenvalue weighted by Gasteiger charge is 2.06. The van der Waals surface area contributed by atoms with Crippen LogP contribution < -0.4 is 5.32 Å². The third-order valence-corrected chi connectivity index (χ3v) is 2.15.